The molecule has 0 aliphatic rings. The van der Waals surface area contributed by atoms with E-state index in [9.17, 15) is 9.90 Å². The molecule has 0 spiro atoms. The Bertz CT molecular complexity index is 519. The van der Waals surface area contributed by atoms with Crippen molar-refractivity contribution in [2.75, 3.05) is 6.61 Å². The second-order valence-electron chi connectivity index (χ2n) is 7.62. The summed E-state index contributed by atoms with van der Waals surface area (Å²) in [6.07, 6.45) is 22.6. The van der Waals surface area contributed by atoms with Gasteiger partial charge in [-0.3, -0.25) is 0 Å². The Hall–Kier alpha value is -1.77. The smallest absolute Gasteiger partial charge is 0.338 e. The molecule has 0 saturated carbocycles. The molecule has 0 heterocycles. The lowest BCUT2D eigenvalue weighted by Gasteiger charge is -2.03. The van der Waals surface area contributed by atoms with Crippen LogP contribution in [0.3, 0.4) is 0 Å². The molecular formula is C25H40O3. The summed E-state index contributed by atoms with van der Waals surface area (Å²) in [6.45, 7) is 2.70. The standard InChI is InChI=1S/C25H40O3/c1-2-3-4-5-6-7-8-9-10-11-12-13-14-15-16-17-22-28-25(27)23-18-20-24(26)21-19-23/h14-15,18-21,26H,2-13,16-17,22H2,1H3/b15-14+. The number of hydrogen-bond donors (Lipinski definition) is 1. The summed E-state index contributed by atoms with van der Waals surface area (Å²) in [5.41, 5.74) is 0.477. The number of phenolic OH excluding ortho intramolecular Hbond substituents is 1. The minimum Gasteiger partial charge on any atom is -0.508 e. The van der Waals surface area contributed by atoms with Crippen LogP contribution in [0.25, 0.3) is 0 Å². The van der Waals surface area contributed by atoms with E-state index in [2.05, 4.69) is 19.1 Å². The summed E-state index contributed by atoms with van der Waals surface area (Å²) in [4.78, 5) is 11.8. The first kappa shape index (κ1) is 24.3. The molecule has 28 heavy (non-hydrogen) atoms. The molecule has 3 nitrogen and oxygen atoms in total. The quantitative estimate of drug-likeness (QED) is 0.170. The van der Waals surface area contributed by atoms with Crippen LogP contribution in [-0.4, -0.2) is 17.7 Å². The van der Waals surface area contributed by atoms with E-state index in [1.54, 1.807) is 12.1 Å². The fourth-order valence-electron chi connectivity index (χ4n) is 3.21. The number of hydrogen-bond acceptors (Lipinski definition) is 3. The van der Waals surface area contributed by atoms with E-state index in [0.29, 0.717) is 12.2 Å². The lowest BCUT2D eigenvalue weighted by molar-refractivity contribution is 0.0501. The topological polar surface area (TPSA) is 46.5 Å². The van der Waals surface area contributed by atoms with E-state index >= 15 is 0 Å². The third-order valence-corrected chi connectivity index (χ3v) is 4.99. The molecule has 1 N–H and O–H groups in total. The van der Waals surface area contributed by atoms with Crippen molar-refractivity contribution in [1.29, 1.82) is 0 Å². The first-order chi connectivity index (χ1) is 13.7. The van der Waals surface area contributed by atoms with Gasteiger partial charge in [0.25, 0.3) is 0 Å². The number of rotatable bonds is 17. The van der Waals surface area contributed by atoms with Gasteiger partial charge in [-0.1, -0.05) is 83.3 Å². The summed E-state index contributed by atoms with van der Waals surface area (Å²) >= 11 is 0. The maximum absolute atomic E-state index is 11.8. The Morgan fingerprint density at radius 2 is 1.29 bits per heavy atom. The monoisotopic (exact) mass is 388 g/mol. The van der Waals surface area contributed by atoms with Gasteiger partial charge in [-0.2, -0.15) is 0 Å². The van der Waals surface area contributed by atoms with Gasteiger partial charge in [-0.15, -0.1) is 0 Å². The number of carbonyl (C=O) groups excluding carboxylic acids is 1. The average molecular weight is 389 g/mol. The second-order valence-corrected chi connectivity index (χ2v) is 7.62. The van der Waals surface area contributed by atoms with Crippen LogP contribution in [0.5, 0.6) is 5.75 Å². The van der Waals surface area contributed by atoms with Gasteiger partial charge in [-0.25, -0.2) is 4.79 Å². The summed E-state index contributed by atoms with van der Waals surface area (Å²) in [7, 11) is 0. The van der Waals surface area contributed by atoms with Gasteiger partial charge < -0.3 is 9.84 Å². The highest BCUT2D eigenvalue weighted by Gasteiger charge is 2.05. The third-order valence-electron chi connectivity index (χ3n) is 4.99. The fraction of sp³-hybridized carbons (Fsp3) is 0.640. The van der Waals surface area contributed by atoms with Crippen molar-refractivity contribution >= 4 is 5.97 Å². The molecule has 0 fully saturated rings. The second kappa shape index (κ2) is 17.3. The molecule has 0 aromatic heterocycles. The Morgan fingerprint density at radius 1 is 0.786 bits per heavy atom. The minimum atomic E-state index is -0.329. The SMILES string of the molecule is CCCCCCCCCCCCC/C=C/CCCOC(=O)c1ccc(O)cc1. The van der Waals surface area contributed by atoms with E-state index in [-0.39, 0.29) is 11.7 Å². The first-order valence-electron chi connectivity index (χ1n) is 11.3. The number of unbranched alkanes of at least 4 members (excludes halogenated alkanes) is 12. The number of aromatic hydroxyl groups is 1. The normalized spacial score (nSPS) is 11.2. The zero-order chi connectivity index (χ0) is 20.3. The number of esters is 1. The predicted molar refractivity (Wildman–Crippen MR) is 118 cm³/mol. The van der Waals surface area contributed by atoms with Crippen LogP contribution in [0, 0.1) is 0 Å². The number of ether oxygens (including phenoxy) is 1. The maximum atomic E-state index is 11.8. The van der Waals surface area contributed by atoms with Gasteiger partial charge in [0.1, 0.15) is 5.75 Å². The van der Waals surface area contributed by atoms with Crippen LogP contribution in [0.2, 0.25) is 0 Å². The van der Waals surface area contributed by atoms with Crippen LogP contribution in [0.4, 0.5) is 0 Å². The van der Waals surface area contributed by atoms with Gasteiger partial charge in [0, 0.05) is 0 Å². The van der Waals surface area contributed by atoms with Gasteiger partial charge in [0.2, 0.25) is 0 Å². The molecule has 3 heteroatoms. The Labute approximate surface area is 172 Å². The van der Waals surface area contributed by atoms with Gasteiger partial charge in [0.15, 0.2) is 0 Å². The fourth-order valence-corrected chi connectivity index (χ4v) is 3.21. The molecule has 0 atom stereocenters. The third kappa shape index (κ3) is 13.4. The summed E-state index contributed by atoms with van der Waals surface area (Å²) in [5, 5.41) is 9.21. The Morgan fingerprint density at radius 3 is 1.86 bits per heavy atom. The molecule has 0 aliphatic carbocycles. The number of phenols is 1. The summed E-state index contributed by atoms with van der Waals surface area (Å²) in [6, 6.07) is 6.14. The van der Waals surface area contributed by atoms with Crippen molar-refractivity contribution in [3.8, 4) is 5.75 Å². The zero-order valence-electron chi connectivity index (χ0n) is 17.8. The molecule has 1 rings (SSSR count). The lowest BCUT2D eigenvalue weighted by atomic mass is 10.1. The van der Waals surface area contributed by atoms with Crippen molar-refractivity contribution in [2.45, 2.75) is 96.8 Å². The highest BCUT2D eigenvalue weighted by molar-refractivity contribution is 5.89. The minimum absolute atomic E-state index is 0.152. The molecule has 0 radical (unpaired) electrons. The van der Waals surface area contributed by atoms with E-state index in [0.717, 1.165) is 19.3 Å². The molecule has 0 amide bonds. The van der Waals surface area contributed by atoms with E-state index < -0.39 is 0 Å². The molecule has 1 aromatic carbocycles. The molecule has 0 saturated heterocycles. The number of carbonyl (C=O) groups is 1. The highest BCUT2D eigenvalue weighted by Crippen LogP contribution is 2.13. The number of benzene rings is 1. The molecule has 0 aliphatic heterocycles. The van der Waals surface area contributed by atoms with E-state index in [4.69, 9.17) is 4.74 Å². The lowest BCUT2D eigenvalue weighted by Crippen LogP contribution is -2.05. The van der Waals surface area contributed by atoms with E-state index in [1.807, 2.05) is 0 Å². The van der Waals surface area contributed by atoms with Crippen LogP contribution >= 0.6 is 0 Å². The summed E-state index contributed by atoms with van der Waals surface area (Å²) in [5.74, 6) is -0.176. The Balaban J connectivity index is 1.84. The van der Waals surface area contributed by atoms with Gasteiger partial charge >= 0.3 is 5.97 Å². The molecule has 158 valence electrons. The van der Waals surface area contributed by atoms with Crippen LogP contribution in [-0.2, 0) is 4.74 Å². The van der Waals surface area contributed by atoms with Crippen molar-refractivity contribution in [3.05, 3.63) is 42.0 Å². The summed E-state index contributed by atoms with van der Waals surface area (Å²) < 4.78 is 5.23. The maximum Gasteiger partial charge on any atom is 0.338 e. The van der Waals surface area contributed by atoms with Crippen molar-refractivity contribution in [2.24, 2.45) is 0 Å². The van der Waals surface area contributed by atoms with Crippen LogP contribution < -0.4 is 0 Å². The molecule has 0 bridgehead atoms. The van der Waals surface area contributed by atoms with Gasteiger partial charge in [-0.05, 0) is 49.9 Å². The Kier molecular flexibility index (Phi) is 15.0. The van der Waals surface area contributed by atoms with Crippen LogP contribution in [0.15, 0.2) is 36.4 Å². The molecule has 1 aromatic rings. The van der Waals surface area contributed by atoms with E-state index in [1.165, 1.54) is 82.8 Å². The highest BCUT2D eigenvalue weighted by atomic mass is 16.5. The van der Waals surface area contributed by atoms with Crippen molar-refractivity contribution in [3.63, 3.8) is 0 Å². The van der Waals surface area contributed by atoms with Crippen LogP contribution in [0.1, 0.15) is 107 Å². The zero-order valence-corrected chi connectivity index (χ0v) is 17.8. The molecular weight excluding hydrogens is 348 g/mol. The average Bonchev–Trinajstić information content (AvgIpc) is 2.70. The van der Waals surface area contributed by atoms with Gasteiger partial charge in [0.05, 0.1) is 12.2 Å². The van der Waals surface area contributed by atoms with Crippen molar-refractivity contribution < 1.29 is 14.6 Å². The predicted octanol–water partition coefficient (Wildman–Crippen LogP) is 7.59. The number of allylic oxidation sites excluding steroid dienone is 2. The van der Waals surface area contributed by atoms with Crippen molar-refractivity contribution in [1.82, 2.24) is 0 Å². The largest absolute Gasteiger partial charge is 0.508 e. The first-order valence-corrected chi connectivity index (χ1v) is 11.3. The molecule has 0 unspecified atom stereocenters.